The minimum atomic E-state index is -5.08. The fraction of sp³-hybridized carbons (Fsp3) is 0.762. The Kier molecular flexibility index (Phi) is 7.74. The summed E-state index contributed by atoms with van der Waals surface area (Å²) in [5.74, 6) is 1.10. The number of nitrogens with zero attached hydrogens (tertiary/aromatic N) is 3. The van der Waals surface area contributed by atoms with E-state index in [-0.39, 0.29) is 0 Å². The average Bonchev–Trinajstić information content (AvgIpc) is 3.15. The van der Waals surface area contributed by atoms with E-state index in [1.165, 1.54) is 45.2 Å². The third-order valence-corrected chi connectivity index (χ3v) is 6.44. The van der Waals surface area contributed by atoms with Crippen LogP contribution in [0.1, 0.15) is 43.6 Å². The Morgan fingerprint density at radius 2 is 1.74 bits per heavy atom. The van der Waals surface area contributed by atoms with Gasteiger partial charge in [0.15, 0.2) is 0 Å². The summed E-state index contributed by atoms with van der Waals surface area (Å²) in [6.45, 7) is 8.75. The van der Waals surface area contributed by atoms with Crippen molar-refractivity contribution >= 4 is 11.8 Å². The average molecular weight is 444 g/mol. The van der Waals surface area contributed by atoms with Crippen LogP contribution in [0.2, 0.25) is 0 Å². The molecule has 7 nitrogen and oxygen atoms in total. The molecule has 10 heteroatoms. The van der Waals surface area contributed by atoms with Crippen molar-refractivity contribution in [1.82, 2.24) is 20.6 Å². The molecule has 1 aromatic rings. The highest BCUT2D eigenvalue weighted by Gasteiger charge is 2.38. The van der Waals surface area contributed by atoms with E-state index in [4.69, 9.17) is 9.90 Å². The molecular weight excluding hydrogens is 411 g/mol. The number of aromatic nitrogens is 2. The summed E-state index contributed by atoms with van der Waals surface area (Å²) in [5, 5.41) is 14.7. The Morgan fingerprint density at radius 1 is 1.10 bits per heavy atom. The predicted molar refractivity (Wildman–Crippen MR) is 111 cm³/mol. The van der Waals surface area contributed by atoms with Gasteiger partial charge in [0, 0.05) is 36.9 Å². The number of aryl methyl sites for hydroxylation is 2. The summed E-state index contributed by atoms with van der Waals surface area (Å²) >= 11 is 0. The van der Waals surface area contributed by atoms with Crippen molar-refractivity contribution in [2.24, 2.45) is 11.8 Å². The van der Waals surface area contributed by atoms with Crippen molar-refractivity contribution in [3.8, 4) is 0 Å². The molecule has 1 aliphatic carbocycles. The van der Waals surface area contributed by atoms with Crippen molar-refractivity contribution in [2.75, 3.05) is 31.1 Å². The minimum absolute atomic E-state index is 0.682. The Bertz CT molecular complexity index is 733. The quantitative estimate of drug-likeness (QED) is 0.662. The van der Waals surface area contributed by atoms with Crippen LogP contribution in [0.4, 0.5) is 19.0 Å². The summed E-state index contributed by atoms with van der Waals surface area (Å²) in [7, 11) is 0. The second-order valence-corrected chi connectivity index (χ2v) is 8.83. The molecule has 0 amide bonds. The lowest BCUT2D eigenvalue weighted by molar-refractivity contribution is -0.192. The molecule has 0 spiro atoms. The molecular formula is C21H32F3N5O2. The molecule has 4 rings (SSSR count). The normalized spacial score (nSPS) is 26.7. The van der Waals surface area contributed by atoms with Gasteiger partial charge >= 0.3 is 12.1 Å². The second kappa shape index (κ2) is 10.1. The highest BCUT2D eigenvalue weighted by molar-refractivity contribution is 5.73. The third-order valence-electron chi connectivity index (χ3n) is 6.44. The standard InChI is InChI=1S/C19H31N5.C2HF3O2/c1-13-9-19(22-14(2)21-13)24-7-5-17(6-8-24)23-18-4-3-15-11-20-12-16(15)10-18;3-2(4,5)1(6)7/h9,15-18,20,23H,3-8,10-12H2,1-2H3;(H,6,7). The Labute approximate surface area is 180 Å². The van der Waals surface area contributed by atoms with E-state index in [0.717, 1.165) is 48.3 Å². The summed E-state index contributed by atoms with van der Waals surface area (Å²) < 4.78 is 31.7. The summed E-state index contributed by atoms with van der Waals surface area (Å²) in [5.41, 5.74) is 1.07. The van der Waals surface area contributed by atoms with Gasteiger partial charge in [0.25, 0.3) is 0 Å². The maximum atomic E-state index is 10.6. The van der Waals surface area contributed by atoms with E-state index in [2.05, 4.69) is 38.5 Å². The van der Waals surface area contributed by atoms with Gasteiger partial charge in [0.05, 0.1) is 0 Å². The van der Waals surface area contributed by atoms with Crippen LogP contribution < -0.4 is 15.5 Å². The molecule has 3 heterocycles. The zero-order valence-electron chi connectivity index (χ0n) is 18.1. The van der Waals surface area contributed by atoms with Crippen molar-refractivity contribution in [2.45, 2.75) is 64.2 Å². The maximum Gasteiger partial charge on any atom is 0.490 e. The van der Waals surface area contributed by atoms with Crippen LogP contribution in [0.25, 0.3) is 0 Å². The van der Waals surface area contributed by atoms with E-state index < -0.39 is 12.1 Å². The van der Waals surface area contributed by atoms with Gasteiger partial charge in [-0.3, -0.25) is 0 Å². The molecule has 2 saturated heterocycles. The number of rotatable bonds is 3. The number of halogens is 3. The number of carbonyl (C=O) groups is 1. The lowest BCUT2D eigenvalue weighted by Gasteiger charge is -2.38. The lowest BCUT2D eigenvalue weighted by Crippen LogP contribution is -2.48. The van der Waals surface area contributed by atoms with Gasteiger partial charge < -0.3 is 20.6 Å². The number of fused-ring (bicyclic) bond motifs is 1. The van der Waals surface area contributed by atoms with E-state index in [1.54, 1.807) is 0 Å². The first-order chi connectivity index (χ1) is 14.6. The van der Waals surface area contributed by atoms with Crippen LogP contribution >= 0.6 is 0 Å². The van der Waals surface area contributed by atoms with Crippen LogP contribution in [-0.4, -0.2) is 65.5 Å². The van der Waals surface area contributed by atoms with E-state index >= 15 is 0 Å². The molecule has 1 aromatic heterocycles. The molecule has 0 bridgehead atoms. The molecule has 2 aliphatic heterocycles. The zero-order valence-corrected chi connectivity index (χ0v) is 18.1. The Hall–Kier alpha value is -1.94. The fourth-order valence-electron chi connectivity index (χ4n) is 4.92. The summed E-state index contributed by atoms with van der Waals surface area (Å²) in [6, 6.07) is 3.54. The molecule has 174 valence electrons. The number of carboxylic acids is 1. The van der Waals surface area contributed by atoms with E-state index in [0.29, 0.717) is 6.04 Å². The van der Waals surface area contributed by atoms with Gasteiger partial charge in [-0.25, -0.2) is 14.8 Å². The molecule has 3 aliphatic rings. The van der Waals surface area contributed by atoms with Gasteiger partial charge in [-0.2, -0.15) is 13.2 Å². The smallest absolute Gasteiger partial charge is 0.475 e. The third kappa shape index (κ3) is 6.77. The number of carboxylic acid groups (broad SMARTS) is 1. The Morgan fingerprint density at radius 3 is 2.35 bits per heavy atom. The number of alkyl halides is 3. The fourth-order valence-corrected chi connectivity index (χ4v) is 4.92. The lowest BCUT2D eigenvalue weighted by atomic mass is 9.79. The highest BCUT2D eigenvalue weighted by Crippen LogP contribution is 2.33. The summed E-state index contributed by atoms with van der Waals surface area (Å²) in [4.78, 5) is 20.3. The van der Waals surface area contributed by atoms with Gasteiger partial charge in [-0.15, -0.1) is 0 Å². The van der Waals surface area contributed by atoms with Crippen molar-refractivity contribution in [3.63, 3.8) is 0 Å². The van der Waals surface area contributed by atoms with Crippen LogP contribution in [-0.2, 0) is 4.79 Å². The first-order valence-electron chi connectivity index (χ1n) is 11.0. The second-order valence-electron chi connectivity index (χ2n) is 8.83. The molecule has 3 fully saturated rings. The minimum Gasteiger partial charge on any atom is -0.475 e. The van der Waals surface area contributed by atoms with Crippen LogP contribution in [0.5, 0.6) is 0 Å². The largest absolute Gasteiger partial charge is 0.490 e. The van der Waals surface area contributed by atoms with E-state index in [9.17, 15) is 13.2 Å². The molecule has 31 heavy (non-hydrogen) atoms. The molecule has 1 saturated carbocycles. The monoisotopic (exact) mass is 443 g/mol. The summed E-state index contributed by atoms with van der Waals surface area (Å²) in [6.07, 6.45) is 1.53. The number of anilines is 1. The number of hydrogen-bond acceptors (Lipinski definition) is 6. The van der Waals surface area contributed by atoms with Crippen LogP contribution in [0.15, 0.2) is 6.07 Å². The molecule has 3 N–H and O–H groups in total. The number of nitrogens with one attached hydrogen (secondary N) is 2. The Balaban J connectivity index is 0.000000339. The maximum absolute atomic E-state index is 10.6. The number of hydrogen-bond donors (Lipinski definition) is 3. The molecule has 0 aromatic carbocycles. The zero-order chi connectivity index (χ0) is 22.6. The molecule has 3 unspecified atom stereocenters. The highest BCUT2D eigenvalue weighted by atomic mass is 19.4. The molecule has 0 radical (unpaired) electrons. The number of aliphatic carboxylic acids is 1. The van der Waals surface area contributed by atoms with E-state index in [1.807, 2.05) is 6.92 Å². The van der Waals surface area contributed by atoms with Crippen molar-refractivity contribution < 1.29 is 23.1 Å². The molecule has 3 atom stereocenters. The van der Waals surface area contributed by atoms with Crippen molar-refractivity contribution in [1.29, 1.82) is 0 Å². The predicted octanol–water partition coefficient (Wildman–Crippen LogP) is 2.67. The topological polar surface area (TPSA) is 90.4 Å². The van der Waals surface area contributed by atoms with Gasteiger partial charge in [0.2, 0.25) is 0 Å². The van der Waals surface area contributed by atoms with Crippen LogP contribution in [0.3, 0.4) is 0 Å². The first-order valence-corrected chi connectivity index (χ1v) is 11.0. The van der Waals surface area contributed by atoms with Gasteiger partial charge in [-0.05, 0) is 70.9 Å². The first kappa shape index (κ1) is 23.7. The SMILES string of the molecule is Cc1cc(N2CCC(NC3CCC4CNCC4C3)CC2)nc(C)n1.O=C(O)C(F)(F)F. The van der Waals surface area contributed by atoms with Crippen molar-refractivity contribution in [3.05, 3.63) is 17.6 Å². The van der Waals surface area contributed by atoms with Crippen LogP contribution in [0, 0.1) is 25.7 Å². The van der Waals surface area contributed by atoms with Gasteiger partial charge in [0.1, 0.15) is 11.6 Å². The number of piperidine rings is 1. The van der Waals surface area contributed by atoms with Gasteiger partial charge in [-0.1, -0.05) is 0 Å².